The Hall–Kier alpha value is -1.42. The molecule has 1 aliphatic rings. The second kappa shape index (κ2) is 6.66. The summed E-state index contributed by atoms with van der Waals surface area (Å²) in [5.41, 5.74) is 6.55. The first-order chi connectivity index (χ1) is 9.27. The normalized spacial score (nSPS) is 23.1. The summed E-state index contributed by atoms with van der Waals surface area (Å²) >= 11 is 0. The Morgan fingerprint density at radius 3 is 2.89 bits per heavy atom. The molecule has 2 atom stereocenters. The molecule has 1 fully saturated rings. The maximum Gasteiger partial charge on any atom is 0.255 e. The molecule has 1 aliphatic carbocycles. The first-order valence-corrected chi connectivity index (χ1v) is 7.19. The van der Waals surface area contributed by atoms with E-state index in [1.165, 1.54) is 12.8 Å². The van der Waals surface area contributed by atoms with E-state index in [4.69, 9.17) is 5.73 Å². The fourth-order valence-electron chi connectivity index (χ4n) is 3.06. The lowest BCUT2D eigenvalue weighted by atomic mass is 9.83. The molecule has 0 bridgehead atoms. The molecule has 4 heteroatoms. The van der Waals surface area contributed by atoms with Gasteiger partial charge in [-0.1, -0.05) is 12.8 Å². The van der Waals surface area contributed by atoms with Gasteiger partial charge in [0.2, 0.25) is 0 Å². The van der Waals surface area contributed by atoms with Gasteiger partial charge < -0.3 is 10.6 Å². The number of rotatable bonds is 4. The molecule has 104 valence electrons. The Kier molecular flexibility index (Phi) is 4.91. The zero-order chi connectivity index (χ0) is 13.7. The van der Waals surface area contributed by atoms with Crippen LogP contribution in [0.3, 0.4) is 0 Å². The SMILES string of the molecule is CCN(C(=O)c1cccnc1)C1CCCCC1CN. The maximum absolute atomic E-state index is 12.6. The van der Waals surface area contributed by atoms with E-state index in [2.05, 4.69) is 4.98 Å². The first-order valence-electron chi connectivity index (χ1n) is 7.19. The third-order valence-corrected chi connectivity index (χ3v) is 4.08. The van der Waals surface area contributed by atoms with Crippen LogP contribution in [0, 0.1) is 5.92 Å². The molecular weight excluding hydrogens is 238 g/mol. The number of carbonyl (C=O) groups excluding carboxylic acids is 1. The van der Waals surface area contributed by atoms with Crippen molar-refractivity contribution in [2.75, 3.05) is 13.1 Å². The Labute approximate surface area is 115 Å². The van der Waals surface area contributed by atoms with E-state index >= 15 is 0 Å². The van der Waals surface area contributed by atoms with E-state index < -0.39 is 0 Å². The van der Waals surface area contributed by atoms with Crippen LogP contribution >= 0.6 is 0 Å². The van der Waals surface area contributed by atoms with Crippen LogP contribution in [-0.2, 0) is 0 Å². The first kappa shape index (κ1) is 14.0. The van der Waals surface area contributed by atoms with Crippen LogP contribution < -0.4 is 5.73 Å². The number of pyridine rings is 1. The number of nitrogens with two attached hydrogens (primary N) is 1. The molecule has 0 radical (unpaired) electrons. The molecule has 0 spiro atoms. The predicted molar refractivity (Wildman–Crippen MR) is 75.7 cm³/mol. The Bertz CT molecular complexity index is 407. The third-order valence-electron chi connectivity index (χ3n) is 4.08. The van der Waals surface area contributed by atoms with Crippen molar-refractivity contribution >= 4 is 5.91 Å². The lowest BCUT2D eigenvalue weighted by molar-refractivity contribution is 0.0559. The number of nitrogens with zero attached hydrogens (tertiary/aromatic N) is 2. The largest absolute Gasteiger partial charge is 0.336 e. The molecule has 0 aliphatic heterocycles. The minimum absolute atomic E-state index is 0.0842. The highest BCUT2D eigenvalue weighted by atomic mass is 16.2. The standard InChI is InChI=1S/C15H23N3O/c1-2-18(14-8-4-3-6-12(14)10-16)15(19)13-7-5-9-17-11-13/h5,7,9,11-12,14H,2-4,6,8,10,16H2,1H3. The number of amides is 1. The highest BCUT2D eigenvalue weighted by Gasteiger charge is 2.31. The van der Waals surface area contributed by atoms with Gasteiger partial charge in [-0.25, -0.2) is 0 Å². The molecule has 0 saturated heterocycles. The van der Waals surface area contributed by atoms with Crippen molar-refractivity contribution in [2.24, 2.45) is 11.7 Å². The van der Waals surface area contributed by atoms with Crippen molar-refractivity contribution in [3.63, 3.8) is 0 Å². The second-order valence-electron chi connectivity index (χ2n) is 5.18. The van der Waals surface area contributed by atoms with Gasteiger partial charge in [-0.3, -0.25) is 9.78 Å². The van der Waals surface area contributed by atoms with Crippen LogP contribution in [0.4, 0.5) is 0 Å². The monoisotopic (exact) mass is 261 g/mol. The van der Waals surface area contributed by atoms with Crippen molar-refractivity contribution in [1.29, 1.82) is 0 Å². The molecule has 2 unspecified atom stereocenters. The van der Waals surface area contributed by atoms with Gasteiger partial charge in [-0.05, 0) is 44.4 Å². The van der Waals surface area contributed by atoms with E-state index in [-0.39, 0.29) is 11.9 Å². The van der Waals surface area contributed by atoms with E-state index in [9.17, 15) is 4.79 Å². The van der Waals surface area contributed by atoms with Crippen molar-refractivity contribution in [3.8, 4) is 0 Å². The summed E-state index contributed by atoms with van der Waals surface area (Å²) in [4.78, 5) is 18.6. The Morgan fingerprint density at radius 1 is 1.47 bits per heavy atom. The molecule has 4 nitrogen and oxygen atoms in total. The minimum Gasteiger partial charge on any atom is -0.336 e. The molecule has 1 heterocycles. The molecule has 2 rings (SSSR count). The van der Waals surface area contributed by atoms with Gasteiger partial charge in [0.15, 0.2) is 0 Å². The average Bonchev–Trinajstić information content (AvgIpc) is 2.49. The zero-order valence-electron chi connectivity index (χ0n) is 11.6. The molecule has 19 heavy (non-hydrogen) atoms. The smallest absolute Gasteiger partial charge is 0.255 e. The summed E-state index contributed by atoms with van der Waals surface area (Å²) < 4.78 is 0. The highest BCUT2D eigenvalue weighted by molar-refractivity contribution is 5.94. The summed E-state index contributed by atoms with van der Waals surface area (Å²) in [5.74, 6) is 0.523. The van der Waals surface area contributed by atoms with Gasteiger partial charge in [0.05, 0.1) is 5.56 Å². The van der Waals surface area contributed by atoms with E-state index in [1.807, 2.05) is 24.0 Å². The van der Waals surface area contributed by atoms with E-state index in [0.717, 1.165) is 19.4 Å². The van der Waals surface area contributed by atoms with Gasteiger partial charge in [-0.15, -0.1) is 0 Å². The lowest BCUT2D eigenvalue weighted by Crippen LogP contribution is -2.48. The van der Waals surface area contributed by atoms with Crippen LogP contribution in [0.5, 0.6) is 0 Å². The molecule has 1 aromatic heterocycles. The number of carbonyl (C=O) groups is 1. The summed E-state index contributed by atoms with van der Waals surface area (Å²) in [6.07, 6.45) is 7.97. The van der Waals surface area contributed by atoms with Gasteiger partial charge in [0, 0.05) is 25.0 Å². The topological polar surface area (TPSA) is 59.2 Å². The summed E-state index contributed by atoms with van der Waals surface area (Å²) in [7, 11) is 0. The van der Waals surface area contributed by atoms with E-state index in [1.54, 1.807) is 12.4 Å². The van der Waals surface area contributed by atoms with Gasteiger partial charge in [0.25, 0.3) is 5.91 Å². The molecular formula is C15H23N3O. The van der Waals surface area contributed by atoms with Crippen molar-refractivity contribution in [1.82, 2.24) is 9.88 Å². The third kappa shape index (κ3) is 3.13. The van der Waals surface area contributed by atoms with Crippen molar-refractivity contribution in [2.45, 2.75) is 38.6 Å². The average molecular weight is 261 g/mol. The fourth-order valence-corrected chi connectivity index (χ4v) is 3.06. The Balaban J connectivity index is 2.16. The van der Waals surface area contributed by atoms with Gasteiger partial charge in [0.1, 0.15) is 0 Å². The molecule has 2 N–H and O–H groups in total. The number of hydrogen-bond acceptors (Lipinski definition) is 3. The molecule has 1 saturated carbocycles. The highest BCUT2D eigenvalue weighted by Crippen LogP contribution is 2.28. The minimum atomic E-state index is 0.0842. The van der Waals surface area contributed by atoms with Crippen LogP contribution in [0.1, 0.15) is 43.0 Å². The lowest BCUT2D eigenvalue weighted by Gasteiger charge is -2.39. The zero-order valence-corrected chi connectivity index (χ0v) is 11.6. The number of hydrogen-bond donors (Lipinski definition) is 1. The molecule has 1 aromatic rings. The predicted octanol–water partition coefficient (Wildman–Crippen LogP) is 2.06. The fraction of sp³-hybridized carbons (Fsp3) is 0.600. The molecule has 0 aromatic carbocycles. The number of aromatic nitrogens is 1. The van der Waals surface area contributed by atoms with E-state index in [0.29, 0.717) is 18.0 Å². The summed E-state index contributed by atoms with van der Waals surface area (Å²) in [5, 5.41) is 0. The maximum atomic E-state index is 12.6. The van der Waals surface area contributed by atoms with Crippen LogP contribution in [0.15, 0.2) is 24.5 Å². The van der Waals surface area contributed by atoms with Crippen LogP contribution in [0.2, 0.25) is 0 Å². The van der Waals surface area contributed by atoms with Crippen molar-refractivity contribution in [3.05, 3.63) is 30.1 Å². The summed E-state index contributed by atoms with van der Waals surface area (Å²) in [6.45, 7) is 3.44. The quantitative estimate of drug-likeness (QED) is 0.902. The van der Waals surface area contributed by atoms with Crippen LogP contribution in [-0.4, -0.2) is 34.9 Å². The van der Waals surface area contributed by atoms with Gasteiger partial charge in [-0.2, -0.15) is 0 Å². The van der Waals surface area contributed by atoms with Gasteiger partial charge >= 0.3 is 0 Å². The van der Waals surface area contributed by atoms with Crippen LogP contribution in [0.25, 0.3) is 0 Å². The van der Waals surface area contributed by atoms with Crippen molar-refractivity contribution < 1.29 is 4.79 Å². The second-order valence-corrected chi connectivity index (χ2v) is 5.18. The molecule has 1 amide bonds. The Morgan fingerprint density at radius 2 is 2.26 bits per heavy atom. The summed E-state index contributed by atoms with van der Waals surface area (Å²) in [6, 6.07) is 3.93.